The number of carbonyl (C=O) groups is 1. The smallest absolute Gasteiger partial charge is 0.303 e. The molecule has 0 aromatic heterocycles. The van der Waals surface area contributed by atoms with Gasteiger partial charge in [0.15, 0.2) is 0 Å². The molecule has 0 fully saturated rings. The molecule has 1 atom stereocenters. The van der Waals surface area contributed by atoms with Crippen LogP contribution >= 0.6 is 25.3 Å². The zero-order valence-electron chi connectivity index (χ0n) is 7.07. The number of rotatable bonds is 7. The van der Waals surface area contributed by atoms with E-state index >= 15 is 0 Å². The van der Waals surface area contributed by atoms with Gasteiger partial charge in [0.25, 0.3) is 0 Å². The molecule has 0 radical (unpaired) electrons. The Morgan fingerprint density at radius 1 is 1.33 bits per heavy atom. The molecule has 0 saturated carbocycles. The summed E-state index contributed by atoms with van der Waals surface area (Å²) in [5.41, 5.74) is 0. The van der Waals surface area contributed by atoms with Gasteiger partial charge in [-0.2, -0.15) is 25.3 Å². The summed E-state index contributed by atoms with van der Waals surface area (Å²) in [5, 5.41) is 8.70. The zero-order valence-corrected chi connectivity index (χ0v) is 8.86. The molecular weight excluding hydrogens is 192 g/mol. The number of aliphatic carboxylic acids is 1. The summed E-state index contributed by atoms with van der Waals surface area (Å²) >= 11 is 8.38. The number of carboxylic acids is 1. The Morgan fingerprint density at radius 3 is 2.50 bits per heavy atom. The van der Waals surface area contributed by atoms with Gasteiger partial charge in [0.2, 0.25) is 0 Å². The molecule has 0 aromatic rings. The predicted octanol–water partition coefficient (Wildman–Crippen LogP) is 2.25. The lowest BCUT2D eigenvalue weighted by molar-refractivity contribution is -0.137. The van der Waals surface area contributed by atoms with Crippen LogP contribution in [0, 0.1) is 0 Å². The van der Waals surface area contributed by atoms with E-state index in [0.717, 1.165) is 31.4 Å². The zero-order chi connectivity index (χ0) is 9.40. The topological polar surface area (TPSA) is 37.3 Å². The Morgan fingerprint density at radius 2 is 2.00 bits per heavy atom. The highest BCUT2D eigenvalue weighted by Gasteiger charge is 2.00. The third-order valence-corrected chi connectivity index (χ3v) is 2.81. The minimum atomic E-state index is -0.702. The van der Waals surface area contributed by atoms with Crippen molar-refractivity contribution in [2.45, 2.75) is 37.4 Å². The van der Waals surface area contributed by atoms with Gasteiger partial charge in [0, 0.05) is 17.4 Å². The molecule has 0 aliphatic heterocycles. The molecule has 1 unspecified atom stereocenters. The molecule has 0 amide bonds. The van der Waals surface area contributed by atoms with Gasteiger partial charge >= 0.3 is 5.97 Å². The second-order valence-electron chi connectivity index (χ2n) is 2.83. The molecule has 0 aliphatic carbocycles. The molecule has 0 aliphatic rings. The van der Waals surface area contributed by atoms with Crippen molar-refractivity contribution in [1.82, 2.24) is 0 Å². The predicted molar refractivity (Wildman–Crippen MR) is 57.3 cm³/mol. The Kier molecular flexibility index (Phi) is 7.91. The Balaban J connectivity index is 3.05. The molecule has 72 valence electrons. The van der Waals surface area contributed by atoms with Crippen molar-refractivity contribution in [1.29, 1.82) is 0 Å². The fourth-order valence-electron chi connectivity index (χ4n) is 0.924. The molecule has 0 rings (SSSR count). The van der Waals surface area contributed by atoms with E-state index in [-0.39, 0.29) is 6.42 Å². The monoisotopic (exact) mass is 208 g/mol. The van der Waals surface area contributed by atoms with E-state index < -0.39 is 5.97 Å². The second-order valence-corrected chi connectivity index (χ2v) is 3.92. The first-order valence-electron chi connectivity index (χ1n) is 4.17. The quantitative estimate of drug-likeness (QED) is 0.443. The van der Waals surface area contributed by atoms with Crippen molar-refractivity contribution in [2.75, 3.05) is 5.75 Å². The molecule has 12 heavy (non-hydrogen) atoms. The number of unbranched alkanes of at least 4 members (excludes halogenated alkanes) is 2. The number of hydrogen-bond acceptors (Lipinski definition) is 3. The lowest BCUT2D eigenvalue weighted by Gasteiger charge is -2.05. The van der Waals surface area contributed by atoms with Crippen molar-refractivity contribution in [3.63, 3.8) is 0 Å². The van der Waals surface area contributed by atoms with Gasteiger partial charge in [-0.15, -0.1) is 0 Å². The van der Waals surface area contributed by atoms with Gasteiger partial charge in [-0.05, 0) is 12.8 Å². The molecule has 0 aromatic carbocycles. The van der Waals surface area contributed by atoms with Crippen LogP contribution in [0.15, 0.2) is 0 Å². The van der Waals surface area contributed by atoms with Gasteiger partial charge in [0.1, 0.15) is 0 Å². The highest BCUT2D eigenvalue weighted by atomic mass is 32.1. The summed E-state index contributed by atoms with van der Waals surface area (Å²) in [4.78, 5) is 10.1. The van der Waals surface area contributed by atoms with Crippen LogP contribution < -0.4 is 0 Å². The van der Waals surface area contributed by atoms with Crippen molar-refractivity contribution >= 4 is 31.2 Å². The van der Waals surface area contributed by atoms with Crippen LogP contribution in [0.3, 0.4) is 0 Å². The normalized spacial score (nSPS) is 12.8. The maximum absolute atomic E-state index is 10.1. The fourth-order valence-corrected chi connectivity index (χ4v) is 1.29. The Hall–Kier alpha value is 0.170. The van der Waals surface area contributed by atoms with E-state index in [1.54, 1.807) is 0 Å². The van der Waals surface area contributed by atoms with Crippen molar-refractivity contribution in [3.8, 4) is 0 Å². The lowest BCUT2D eigenvalue weighted by Crippen LogP contribution is -2.00. The minimum Gasteiger partial charge on any atom is -0.481 e. The van der Waals surface area contributed by atoms with Crippen LogP contribution in [0.2, 0.25) is 0 Å². The lowest BCUT2D eigenvalue weighted by atomic mass is 10.1. The van der Waals surface area contributed by atoms with E-state index in [0.29, 0.717) is 5.25 Å². The fraction of sp³-hybridized carbons (Fsp3) is 0.875. The Labute approximate surface area is 84.6 Å². The minimum absolute atomic E-state index is 0.290. The molecule has 2 nitrogen and oxygen atoms in total. The van der Waals surface area contributed by atoms with Crippen LogP contribution in [-0.2, 0) is 4.79 Å². The summed E-state index contributed by atoms with van der Waals surface area (Å²) < 4.78 is 0. The first kappa shape index (κ1) is 12.2. The molecule has 1 N–H and O–H groups in total. The van der Waals surface area contributed by atoms with Gasteiger partial charge in [0.05, 0.1) is 0 Å². The first-order chi connectivity index (χ1) is 5.66. The summed E-state index contributed by atoms with van der Waals surface area (Å²) in [6, 6.07) is 0. The van der Waals surface area contributed by atoms with Crippen molar-refractivity contribution in [3.05, 3.63) is 0 Å². The maximum Gasteiger partial charge on any atom is 0.303 e. The third kappa shape index (κ3) is 8.27. The van der Waals surface area contributed by atoms with Gasteiger partial charge in [-0.25, -0.2) is 0 Å². The van der Waals surface area contributed by atoms with E-state index in [4.69, 9.17) is 5.11 Å². The average molecular weight is 208 g/mol. The van der Waals surface area contributed by atoms with Crippen LogP contribution in [0.1, 0.15) is 32.1 Å². The van der Waals surface area contributed by atoms with Crippen molar-refractivity contribution in [2.24, 2.45) is 0 Å². The average Bonchev–Trinajstić information content (AvgIpc) is 2.03. The molecular formula is C8H16O2S2. The summed E-state index contributed by atoms with van der Waals surface area (Å²) in [6.45, 7) is 0. The first-order valence-corrected chi connectivity index (χ1v) is 5.32. The summed E-state index contributed by atoms with van der Waals surface area (Å²) in [6.07, 6.45) is 4.14. The van der Waals surface area contributed by atoms with E-state index in [9.17, 15) is 4.79 Å². The number of hydrogen-bond donors (Lipinski definition) is 3. The summed E-state index contributed by atoms with van der Waals surface area (Å²) in [7, 11) is 0. The van der Waals surface area contributed by atoms with Crippen molar-refractivity contribution < 1.29 is 9.90 Å². The molecule has 0 bridgehead atoms. The van der Waals surface area contributed by atoms with E-state index in [2.05, 4.69) is 25.3 Å². The largest absolute Gasteiger partial charge is 0.481 e. The van der Waals surface area contributed by atoms with Gasteiger partial charge in [-0.3, -0.25) is 4.79 Å². The molecule has 0 heterocycles. The molecule has 4 heteroatoms. The summed E-state index contributed by atoms with van der Waals surface area (Å²) in [5.74, 6) is 0.0915. The highest BCUT2D eigenvalue weighted by Crippen LogP contribution is 2.10. The maximum atomic E-state index is 10.1. The van der Waals surface area contributed by atoms with Crippen LogP contribution in [-0.4, -0.2) is 22.1 Å². The number of carboxylic acid groups (broad SMARTS) is 1. The Bertz CT molecular complexity index is 128. The molecule has 0 saturated heterocycles. The van der Waals surface area contributed by atoms with Crippen LogP contribution in [0.5, 0.6) is 0 Å². The van der Waals surface area contributed by atoms with E-state index in [1.165, 1.54) is 0 Å². The standard InChI is InChI=1S/C8H16O2S2/c9-8(10)5-3-1-2-4-7(12)6-11/h7,11-12H,1-6H2,(H,9,10). The van der Waals surface area contributed by atoms with Crippen LogP contribution in [0.25, 0.3) is 0 Å². The van der Waals surface area contributed by atoms with Gasteiger partial charge < -0.3 is 5.11 Å². The second kappa shape index (κ2) is 7.80. The number of thiol groups is 2. The third-order valence-electron chi connectivity index (χ3n) is 1.64. The van der Waals surface area contributed by atoms with Crippen LogP contribution in [0.4, 0.5) is 0 Å². The van der Waals surface area contributed by atoms with Gasteiger partial charge in [-0.1, -0.05) is 12.8 Å². The molecule has 0 spiro atoms. The SMILES string of the molecule is O=C(O)CCCCCC(S)CS. The van der Waals surface area contributed by atoms with E-state index in [1.807, 2.05) is 0 Å². The highest BCUT2D eigenvalue weighted by molar-refractivity contribution is 7.84.